The number of para-hydroxylation sites is 1. The van der Waals surface area contributed by atoms with Crippen LogP contribution in [0.3, 0.4) is 0 Å². The molecule has 0 fully saturated rings. The third kappa shape index (κ3) is 3.66. The summed E-state index contributed by atoms with van der Waals surface area (Å²) in [6.07, 6.45) is -0.609. The fourth-order valence-corrected chi connectivity index (χ4v) is 2.76. The summed E-state index contributed by atoms with van der Waals surface area (Å²) in [5.74, 6) is -0.158. The van der Waals surface area contributed by atoms with Crippen LogP contribution in [0.25, 0.3) is 10.9 Å². The molecular weight excluding hydrogens is 316 g/mol. The van der Waals surface area contributed by atoms with E-state index in [0.29, 0.717) is 27.8 Å². The number of aromatic nitrogens is 1. The Hall–Kier alpha value is -3.21. The Morgan fingerprint density at radius 1 is 1.04 bits per heavy atom. The van der Waals surface area contributed by atoms with Crippen molar-refractivity contribution in [2.45, 2.75) is 20.5 Å². The average molecular weight is 334 g/mol. The largest absolute Gasteiger partial charge is 0.444 e. The Bertz CT molecular complexity index is 936. The van der Waals surface area contributed by atoms with Crippen LogP contribution in [-0.2, 0) is 11.3 Å². The number of Topliss-reactive ketones (excluding diaryl/α,β-unsaturated/α-hetero) is 1. The molecule has 1 amide bonds. The normalized spacial score (nSPS) is 10.5. The molecule has 0 aliphatic heterocycles. The van der Waals surface area contributed by atoms with Gasteiger partial charge in [-0.25, -0.2) is 4.79 Å². The molecule has 1 aromatic heterocycles. The molecule has 3 aromatic rings. The number of hydrogen-bond donors (Lipinski definition) is 1. The number of carbonyl (C=O) groups excluding carboxylic acids is 2. The van der Waals surface area contributed by atoms with Gasteiger partial charge in [-0.05, 0) is 25.5 Å². The summed E-state index contributed by atoms with van der Waals surface area (Å²) in [5.41, 5.74) is 3.01. The Labute approximate surface area is 145 Å². The third-order valence-electron chi connectivity index (χ3n) is 3.87. The predicted octanol–water partition coefficient (Wildman–Crippen LogP) is 4.49. The number of carbonyl (C=O) groups is 2. The number of nitrogens with zero attached hydrogens (tertiary/aromatic N) is 1. The van der Waals surface area contributed by atoms with Gasteiger partial charge in [0.1, 0.15) is 6.61 Å². The van der Waals surface area contributed by atoms with E-state index in [2.05, 4.69) is 10.3 Å². The zero-order valence-corrected chi connectivity index (χ0v) is 14.1. The summed E-state index contributed by atoms with van der Waals surface area (Å²) in [7, 11) is 0. The number of aryl methyl sites for hydroxylation is 1. The third-order valence-corrected chi connectivity index (χ3v) is 3.87. The summed E-state index contributed by atoms with van der Waals surface area (Å²) in [5, 5.41) is 3.43. The van der Waals surface area contributed by atoms with Crippen molar-refractivity contribution in [1.29, 1.82) is 0 Å². The lowest BCUT2D eigenvalue weighted by Crippen LogP contribution is -2.17. The lowest BCUT2D eigenvalue weighted by Gasteiger charge is -2.14. The van der Waals surface area contributed by atoms with Gasteiger partial charge in [-0.3, -0.25) is 15.1 Å². The minimum absolute atomic E-state index is 0.157. The van der Waals surface area contributed by atoms with Gasteiger partial charge in [0.05, 0.1) is 22.5 Å². The lowest BCUT2D eigenvalue weighted by atomic mass is 10.0. The maximum atomic E-state index is 12.3. The van der Waals surface area contributed by atoms with Crippen LogP contribution in [0, 0.1) is 6.92 Å². The number of ether oxygens (including phenoxy) is 1. The van der Waals surface area contributed by atoms with E-state index in [1.54, 1.807) is 6.92 Å². The molecule has 126 valence electrons. The molecule has 0 spiro atoms. The smallest absolute Gasteiger partial charge is 0.411 e. The summed E-state index contributed by atoms with van der Waals surface area (Å²) < 4.78 is 5.27. The standard InChI is InChI=1S/C20H18N2O3/c1-13-18(14(2)23)19(16-10-6-7-11-17(16)21-13)22-20(24)25-12-15-8-4-3-5-9-15/h3-11H,12H2,1-2H3,(H,21,22,24). The molecule has 2 aromatic carbocycles. The van der Waals surface area contributed by atoms with Crippen molar-refractivity contribution in [3.8, 4) is 0 Å². The number of nitrogens with one attached hydrogen (secondary N) is 1. The topological polar surface area (TPSA) is 68.3 Å². The van der Waals surface area contributed by atoms with Gasteiger partial charge in [-0.2, -0.15) is 0 Å². The van der Waals surface area contributed by atoms with Crippen molar-refractivity contribution < 1.29 is 14.3 Å². The number of amides is 1. The maximum Gasteiger partial charge on any atom is 0.411 e. The molecule has 0 saturated heterocycles. The van der Waals surface area contributed by atoms with Crippen molar-refractivity contribution in [2.24, 2.45) is 0 Å². The van der Waals surface area contributed by atoms with Gasteiger partial charge in [0.15, 0.2) is 5.78 Å². The highest BCUT2D eigenvalue weighted by Gasteiger charge is 2.18. The Morgan fingerprint density at radius 2 is 1.72 bits per heavy atom. The molecule has 0 aliphatic rings. The van der Waals surface area contributed by atoms with Gasteiger partial charge in [0, 0.05) is 5.39 Å². The zero-order chi connectivity index (χ0) is 17.8. The molecule has 1 heterocycles. The van der Waals surface area contributed by atoms with E-state index in [4.69, 9.17) is 4.74 Å². The summed E-state index contributed by atoms with van der Waals surface area (Å²) in [4.78, 5) is 28.8. The minimum Gasteiger partial charge on any atom is -0.444 e. The van der Waals surface area contributed by atoms with Crippen molar-refractivity contribution in [3.63, 3.8) is 0 Å². The SMILES string of the molecule is CC(=O)c1c(C)nc2ccccc2c1NC(=O)OCc1ccccc1. The average Bonchev–Trinajstić information content (AvgIpc) is 2.60. The van der Waals surface area contributed by atoms with E-state index in [0.717, 1.165) is 5.56 Å². The van der Waals surface area contributed by atoms with E-state index in [-0.39, 0.29) is 12.4 Å². The number of pyridine rings is 1. The van der Waals surface area contributed by atoms with Crippen molar-refractivity contribution >= 4 is 28.5 Å². The molecule has 5 heteroatoms. The number of hydrogen-bond acceptors (Lipinski definition) is 4. The van der Waals surface area contributed by atoms with Crippen LogP contribution < -0.4 is 5.32 Å². The van der Waals surface area contributed by atoms with E-state index in [1.807, 2.05) is 54.6 Å². The first-order valence-electron chi connectivity index (χ1n) is 7.94. The number of ketones is 1. The van der Waals surface area contributed by atoms with Gasteiger partial charge in [-0.15, -0.1) is 0 Å². The van der Waals surface area contributed by atoms with Crippen LogP contribution in [-0.4, -0.2) is 16.9 Å². The second-order valence-corrected chi connectivity index (χ2v) is 5.71. The highest BCUT2D eigenvalue weighted by atomic mass is 16.5. The molecule has 0 atom stereocenters. The second-order valence-electron chi connectivity index (χ2n) is 5.71. The predicted molar refractivity (Wildman–Crippen MR) is 96.7 cm³/mol. The summed E-state index contributed by atoms with van der Waals surface area (Å²) >= 11 is 0. The number of fused-ring (bicyclic) bond motifs is 1. The lowest BCUT2D eigenvalue weighted by molar-refractivity contribution is 0.101. The van der Waals surface area contributed by atoms with Crippen LogP contribution >= 0.6 is 0 Å². The highest BCUT2D eigenvalue weighted by molar-refractivity contribution is 6.11. The molecule has 5 nitrogen and oxygen atoms in total. The van der Waals surface area contributed by atoms with E-state index >= 15 is 0 Å². The first-order chi connectivity index (χ1) is 12.1. The fraction of sp³-hybridized carbons (Fsp3) is 0.150. The monoisotopic (exact) mass is 334 g/mol. The van der Waals surface area contributed by atoms with Gasteiger partial charge in [-0.1, -0.05) is 48.5 Å². The first-order valence-corrected chi connectivity index (χ1v) is 7.94. The molecular formula is C20H18N2O3. The van der Waals surface area contributed by atoms with Crippen LogP contribution in [0.4, 0.5) is 10.5 Å². The quantitative estimate of drug-likeness (QED) is 0.714. The molecule has 25 heavy (non-hydrogen) atoms. The Balaban J connectivity index is 1.90. The van der Waals surface area contributed by atoms with Crippen molar-refractivity contribution in [2.75, 3.05) is 5.32 Å². The molecule has 3 rings (SSSR count). The van der Waals surface area contributed by atoms with Crippen molar-refractivity contribution in [3.05, 3.63) is 71.4 Å². The highest BCUT2D eigenvalue weighted by Crippen LogP contribution is 2.29. The Kier molecular flexibility index (Phi) is 4.75. The summed E-state index contributed by atoms with van der Waals surface area (Å²) in [6, 6.07) is 16.8. The number of anilines is 1. The van der Waals surface area contributed by atoms with Crippen LogP contribution in [0.2, 0.25) is 0 Å². The molecule has 0 unspecified atom stereocenters. The van der Waals surface area contributed by atoms with Crippen LogP contribution in [0.1, 0.15) is 28.5 Å². The fourth-order valence-electron chi connectivity index (χ4n) is 2.76. The van der Waals surface area contributed by atoms with E-state index < -0.39 is 6.09 Å². The molecule has 1 N–H and O–H groups in total. The van der Waals surface area contributed by atoms with Crippen molar-refractivity contribution in [1.82, 2.24) is 4.98 Å². The van der Waals surface area contributed by atoms with Crippen LogP contribution in [0.5, 0.6) is 0 Å². The molecule has 0 aliphatic carbocycles. The van der Waals surface area contributed by atoms with Gasteiger partial charge < -0.3 is 4.74 Å². The minimum atomic E-state index is -0.609. The molecule has 0 radical (unpaired) electrons. The summed E-state index contributed by atoms with van der Waals surface area (Å²) in [6.45, 7) is 3.37. The van der Waals surface area contributed by atoms with Crippen LogP contribution in [0.15, 0.2) is 54.6 Å². The van der Waals surface area contributed by atoms with E-state index in [1.165, 1.54) is 6.92 Å². The van der Waals surface area contributed by atoms with Gasteiger partial charge in [0.25, 0.3) is 0 Å². The van der Waals surface area contributed by atoms with Gasteiger partial charge >= 0.3 is 6.09 Å². The number of rotatable bonds is 4. The zero-order valence-electron chi connectivity index (χ0n) is 14.1. The number of benzene rings is 2. The van der Waals surface area contributed by atoms with E-state index in [9.17, 15) is 9.59 Å². The molecule has 0 bridgehead atoms. The van der Waals surface area contributed by atoms with Gasteiger partial charge in [0.2, 0.25) is 0 Å². The maximum absolute atomic E-state index is 12.3. The first kappa shape index (κ1) is 16.6. The Morgan fingerprint density at radius 3 is 2.44 bits per heavy atom. The second kappa shape index (κ2) is 7.13. The molecule has 0 saturated carbocycles.